The molecule has 0 amide bonds. The first kappa shape index (κ1) is 31.0. The van der Waals surface area contributed by atoms with Crippen LogP contribution in [0.1, 0.15) is 51.8 Å². The average Bonchev–Trinajstić information content (AvgIpc) is 3.24. The standard InChI is InChI=1S/C30H31BrN2O8S/c1-7-38-21-11-10-19(15-22(21)39-8-2)26-25(29(36)37-6)16(4)32-30-33(26)28(35)24(42-30)14-18-12-20(31)27(41-17(5)34)23(13-18)40-9-3/h10-15,26H,7-9H2,1-6H3. The van der Waals surface area contributed by atoms with Crippen LogP contribution < -0.4 is 33.8 Å². The first-order chi connectivity index (χ1) is 20.1. The number of aromatic nitrogens is 1. The van der Waals surface area contributed by atoms with Gasteiger partial charge < -0.3 is 23.7 Å². The molecule has 0 saturated carbocycles. The monoisotopic (exact) mass is 658 g/mol. The Bertz CT molecular complexity index is 1740. The van der Waals surface area contributed by atoms with E-state index in [9.17, 15) is 14.4 Å². The van der Waals surface area contributed by atoms with Crippen molar-refractivity contribution in [2.45, 2.75) is 40.7 Å². The van der Waals surface area contributed by atoms with Crippen molar-refractivity contribution < 1.29 is 33.3 Å². The molecule has 0 saturated heterocycles. The molecule has 2 heterocycles. The lowest BCUT2D eigenvalue weighted by Gasteiger charge is -2.25. The topological polar surface area (TPSA) is 115 Å². The molecule has 42 heavy (non-hydrogen) atoms. The maximum Gasteiger partial charge on any atom is 0.338 e. The zero-order chi connectivity index (χ0) is 30.6. The lowest BCUT2D eigenvalue weighted by Crippen LogP contribution is -2.39. The zero-order valence-electron chi connectivity index (χ0n) is 24.1. The summed E-state index contributed by atoms with van der Waals surface area (Å²) in [5, 5.41) is 0. The van der Waals surface area contributed by atoms with Crippen LogP contribution in [0.25, 0.3) is 6.08 Å². The molecule has 3 aromatic rings. The largest absolute Gasteiger partial charge is 0.490 e. The number of nitrogens with zero attached hydrogens (tertiary/aromatic N) is 2. The summed E-state index contributed by atoms with van der Waals surface area (Å²) in [6.45, 7) is 9.77. The predicted molar refractivity (Wildman–Crippen MR) is 161 cm³/mol. The number of carbonyl (C=O) groups excluding carboxylic acids is 2. The van der Waals surface area contributed by atoms with E-state index in [0.717, 1.165) is 0 Å². The van der Waals surface area contributed by atoms with Gasteiger partial charge in [-0.05, 0) is 85.1 Å². The summed E-state index contributed by atoms with van der Waals surface area (Å²) in [5.41, 5.74) is 1.61. The summed E-state index contributed by atoms with van der Waals surface area (Å²) in [7, 11) is 1.29. The normalized spacial score (nSPS) is 14.6. The summed E-state index contributed by atoms with van der Waals surface area (Å²) >= 11 is 4.64. The number of carbonyl (C=O) groups is 2. The number of esters is 2. The Morgan fingerprint density at radius 2 is 1.69 bits per heavy atom. The van der Waals surface area contributed by atoms with E-state index in [4.69, 9.17) is 23.7 Å². The van der Waals surface area contributed by atoms with Crippen LogP contribution in [-0.4, -0.2) is 43.4 Å². The maximum atomic E-state index is 14.0. The maximum absolute atomic E-state index is 14.0. The van der Waals surface area contributed by atoms with Crippen molar-refractivity contribution in [3.63, 3.8) is 0 Å². The smallest absolute Gasteiger partial charge is 0.338 e. The molecule has 0 aliphatic carbocycles. The summed E-state index contributed by atoms with van der Waals surface area (Å²) in [6.07, 6.45) is 1.70. The van der Waals surface area contributed by atoms with Gasteiger partial charge in [0.05, 0.1) is 53.2 Å². The van der Waals surface area contributed by atoms with Crippen LogP contribution in [0.4, 0.5) is 0 Å². The Balaban J connectivity index is 1.93. The fourth-order valence-electron chi connectivity index (χ4n) is 4.57. The molecule has 0 bridgehead atoms. The number of allylic oxidation sites excluding steroid dienone is 1. The van der Waals surface area contributed by atoms with Crippen LogP contribution in [-0.2, 0) is 14.3 Å². The lowest BCUT2D eigenvalue weighted by atomic mass is 9.95. The summed E-state index contributed by atoms with van der Waals surface area (Å²) < 4.78 is 30.0. The number of halogens is 1. The molecule has 0 spiro atoms. The average molecular weight is 660 g/mol. The SMILES string of the molecule is CCOc1ccc(C2C(C(=O)OC)=C(C)N=c3sc(=Cc4cc(Br)c(OC(C)=O)c(OCC)c4)c(=O)n32)cc1OCC. The Morgan fingerprint density at radius 1 is 1.02 bits per heavy atom. The number of hydrogen-bond acceptors (Lipinski definition) is 10. The van der Waals surface area contributed by atoms with E-state index in [1.54, 1.807) is 43.3 Å². The Kier molecular flexibility index (Phi) is 9.89. The Morgan fingerprint density at radius 3 is 2.33 bits per heavy atom. The predicted octanol–water partition coefficient (Wildman–Crippen LogP) is 4.29. The van der Waals surface area contributed by atoms with E-state index >= 15 is 0 Å². The second-order valence-electron chi connectivity index (χ2n) is 9.00. The van der Waals surface area contributed by atoms with Crippen LogP contribution in [0.5, 0.6) is 23.0 Å². The molecule has 1 unspecified atom stereocenters. The summed E-state index contributed by atoms with van der Waals surface area (Å²) in [5.74, 6) is 0.579. The first-order valence-electron chi connectivity index (χ1n) is 13.3. The highest BCUT2D eigenvalue weighted by Gasteiger charge is 2.33. The van der Waals surface area contributed by atoms with Gasteiger partial charge in [-0.3, -0.25) is 14.2 Å². The van der Waals surface area contributed by atoms with Crippen molar-refractivity contribution in [3.05, 3.63) is 76.9 Å². The molecule has 4 rings (SSSR count). The number of thiazole rings is 1. The van der Waals surface area contributed by atoms with Gasteiger partial charge in [0.2, 0.25) is 0 Å². The molecule has 10 nitrogen and oxygen atoms in total. The van der Waals surface area contributed by atoms with E-state index in [0.29, 0.717) is 67.7 Å². The van der Waals surface area contributed by atoms with Gasteiger partial charge in [-0.25, -0.2) is 9.79 Å². The second-order valence-corrected chi connectivity index (χ2v) is 10.9. The fraction of sp³-hybridized carbons (Fsp3) is 0.333. The van der Waals surface area contributed by atoms with Crippen molar-refractivity contribution in [1.29, 1.82) is 0 Å². The van der Waals surface area contributed by atoms with Crippen molar-refractivity contribution >= 4 is 45.3 Å². The van der Waals surface area contributed by atoms with Crippen LogP contribution in [0, 0.1) is 0 Å². The fourth-order valence-corrected chi connectivity index (χ4v) is 6.16. The lowest BCUT2D eigenvalue weighted by molar-refractivity contribution is -0.136. The van der Waals surface area contributed by atoms with Gasteiger partial charge in [-0.2, -0.15) is 0 Å². The molecule has 1 aromatic heterocycles. The van der Waals surface area contributed by atoms with Crippen molar-refractivity contribution in [2.24, 2.45) is 4.99 Å². The molecule has 1 atom stereocenters. The van der Waals surface area contributed by atoms with Crippen molar-refractivity contribution in [3.8, 4) is 23.0 Å². The summed E-state index contributed by atoms with van der Waals surface area (Å²) in [6, 6.07) is 7.94. The van der Waals surface area contributed by atoms with Crippen LogP contribution in [0.2, 0.25) is 0 Å². The third-order valence-electron chi connectivity index (χ3n) is 6.19. The van der Waals surface area contributed by atoms with Gasteiger partial charge in [-0.1, -0.05) is 17.4 Å². The highest BCUT2D eigenvalue weighted by Crippen LogP contribution is 2.38. The molecule has 0 fully saturated rings. The number of fused-ring (bicyclic) bond motifs is 1. The van der Waals surface area contributed by atoms with E-state index in [1.807, 2.05) is 20.8 Å². The molecule has 12 heteroatoms. The van der Waals surface area contributed by atoms with E-state index in [2.05, 4.69) is 20.9 Å². The molecule has 1 aliphatic heterocycles. The second kappa shape index (κ2) is 13.4. The van der Waals surface area contributed by atoms with Crippen LogP contribution in [0.3, 0.4) is 0 Å². The summed E-state index contributed by atoms with van der Waals surface area (Å²) in [4.78, 5) is 43.7. The molecule has 0 radical (unpaired) electrons. The van der Waals surface area contributed by atoms with Gasteiger partial charge in [0, 0.05) is 6.92 Å². The van der Waals surface area contributed by atoms with Gasteiger partial charge in [0.15, 0.2) is 27.8 Å². The number of rotatable bonds is 10. The molecule has 2 aromatic carbocycles. The van der Waals surface area contributed by atoms with Gasteiger partial charge in [-0.15, -0.1) is 0 Å². The number of hydrogen-bond donors (Lipinski definition) is 0. The van der Waals surface area contributed by atoms with E-state index < -0.39 is 18.0 Å². The van der Waals surface area contributed by atoms with Crippen LogP contribution in [0.15, 0.2) is 55.9 Å². The molecular formula is C30H31BrN2O8S. The van der Waals surface area contributed by atoms with Crippen molar-refractivity contribution in [2.75, 3.05) is 26.9 Å². The molecule has 222 valence electrons. The molecular weight excluding hydrogens is 628 g/mol. The zero-order valence-corrected chi connectivity index (χ0v) is 26.5. The number of methoxy groups -OCH3 is 1. The minimum atomic E-state index is -0.817. The minimum Gasteiger partial charge on any atom is -0.490 e. The first-order valence-corrected chi connectivity index (χ1v) is 14.9. The van der Waals surface area contributed by atoms with E-state index in [1.165, 1.54) is 29.9 Å². The Labute approximate surface area is 255 Å². The molecule has 0 N–H and O–H groups in total. The molecule has 1 aliphatic rings. The van der Waals surface area contributed by atoms with Gasteiger partial charge >= 0.3 is 11.9 Å². The van der Waals surface area contributed by atoms with Gasteiger partial charge in [0.25, 0.3) is 5.56 Å². The highest BCUT2D eigenvalue weighted by atomic mass is 79.9. The van der Waals surface area contributed by atoms with Crippen LogP contribution >= 0.6 is 27.3 Å². The van der Waals surface area contributed by atoms with E-state index in [-0.39, 0.29) is 16.9 Å². The quantitative estimate of drug-likeness (QED) is 0.234. The Hall–Kier alpha value is -3.90. The number of ether oxygens (including phenoxy) is 5. The third-order valence-corrected chi connectivity index (χ3v) is 7.76. The van der Waals surface area contributed by atoms with Crippen molar-refractivity contribution in [1.82, 2.24) is 4.57 Å². The van der Waals surface area contributed by atoms with Gasteiger partial charge in [0.1, 0.15) is 0 Å². The minimum absolute atomic E-state index is 0.246. The third kappa shape index (κ3) is 6.29. The number of benzene rings is 2. The highest BCUT2D eigenvalue weighted by molar-refractivity contribution is 9.10.